The third-order valence-corrected chi connectivity index (χ3v) is 7.10. The average Bonchev–Trinajstić information content (AvgIpc) is 3.18. The number of benzene rings is 3. The molecule has 0 atom stereocenters. The van der Waals surface area contributed by atoms with Gasteiger partial charge in [-0.3, -0.25) is 4.79 Å². The minimum atomic E-state index is -0.0984. The zero-order valence-electron chi connectivity index (χ0n) is 18.5. The van der Waals surface area contributed by atoms with Crippen LogP contribution >= 0.6 is 31.9 Å². The summed E-state index contributed by atoms with van der Waals surface area (Å²) in [7, 11) is 0. The van der Waals surface area contributed by atoms with Crippen molar-refractivity contribution in [1.29, 1.82) is 0 Å². The highest BCUT2D eigenvalue weighted by Gasteiger charge is 2.23. The lowest BCUT2D eigenvalue weighted by Gasteiger charge is -2.07. The second-order valence-electron chi connectivity index (χ2n) is 8.29. The summed E-state index contributed by atoms with van der Waals surface area (Å²) in [6.07, 6.45) is 5.75. The zero-order valence-corrected chi connectivity index (χ0v) is 21.7. The number of carbonyl (C=O) groups excluding carboxylic acids is 1. The van der Waals surface area contributed by atoms with Gasteiger partial charge in [0, 0.05) is 17.4 Å². The van der Waals surface area contributed by atoms with Crippen molar-refractivity contribution in [3.63, 3.8) is 0 Å². The van der Waals surface area contributed by atoms with E-state index in [2.05, 4.69) is 75.2 Å². The Kier molecular flexibility index (Phi) is 7.71. The minimum Gasteiger partial charge on any atom is -0.506 e. The van der Waals surface area contributed by atoms with Gasteiger partial charge in [-0.25, -0.2) is 0 Å². The first kappa shape index (κ1) is 23.8. The highest BCUT2D eigenvalue weighted by Crippen LogP contribution is 2.36. The Morgan fingerprint density at radius 1 is 0.879 bits per heavy atom. The van der Waals surface area contributed by atoms with E-state index in [1.165, 1.54) is 11.1 Å². The molecule has 0 aliphatic carbocycles. The van der Waals surface area contributed by atoms with Crippen LogP contribution in [0.15, 0.2) is 74.0 Å². The molecule has 0 saturated heterocycles. The summed E-state index contributed by atoms with van der Waals surface area (Å²) in [5.74, 6) is 0.720. The molecule has 1 heterocycles. The molecule has 0 aliphatic rings. The molecule has 1 N–H and O–H groups in total. The molecule has 0 fully saturated rings. The van der Waals surface area contributed by atoms with E-state index in [9.17, 15) is 9.90 Å². The van der Waals surface area contributed by atoms with E-state index >= 15 is 0 Å². The van der Waals surface area contributed by atoms with E-state index in [0.717, 1.165) is 55.3 Å². The molecule has 33 heavy (non-hydrogen) atoms. The van der Waals surface area contributed by atoms with E-state index in [4.69, 9.17) is 4.42 Å². The van der Waals surface area contributed by atoms with Crippen LogP contribution in [0.2, 0.25) is 0 Å². The Hall–Kier alpha value is -2.37. The molecule has 0 unspecified atom stereocenters. The monoisotopic (exact) mass is 568 g/mol. The van der Waals surface area contributed by atoms with Crippen LogP contribution in [-0.4, -0.2) is 10.9 Å². The van der Waals surface area contributed by atoms with Crippen LogP contribution < -0.4 is 0 Å². The lowest BCUT2D eigenvalue weighted by molar-refractivity contribution is 0.103. The molecule has 5 heteroatoms. The van der Waals surface area contributed by atoms with Crippen LogP contribution in [0.4, 0.5) is 0 Å². The SMILES string of the molecule is CCCCCc1oc2cc(CCc3ccccc3)ccc2c1C(=O)c1cc(Br)c(O)c(Br)c1. The molecule has 0 saturated carbocycles. The fourth-order valence-electron chi connectivity index (χ4n) is 4.08. The summed E-state index contributed by atoms with van der Waals surface area (Å²) in [6.45, 7) is 2.16. The minimum absolute atomic E-state index is 0.0785. The molecule has 4 aromatic rings. The Labute approximate surface area is 211 Å². The molecular weight excluding hydrogens is 544 g/mol. The van der Waals surface area contributed by atoms with Gasteiger partial charge < -0.3 is 9.52 Å². The molecule has 0 spiro atoms. The number of carbonyl (C=O) groups is 1. The maximum atomic E-state index is 13.6. The molecule has 1 aromatic heterocycles. The number of hydrogen-bond acceptors (Lipinski definition) is 3. The third-order valence-electron chi connectivity index (χ3n) is 5.89. The Bertz CT molecular complexity index is 1250. The molecule has 4 rings (SSSR count). The summed E-state index contributed by atoms with van der Waals surface area (Å²) in [5.41, 5.74) is 4.37. The van der Waals surface area contributed by atoms with Crippen molar-refractivity contribution in [3.8, 4) is 5.75 Å². The molecule has 170 valence electrons. The third kappa shape index (κ3) is 5.42. The Morgan fingerprint density at radius 2 is 1.58 bits per heavy atom. The van der Waals surface area contributed by atoms with Gasteiger partial charge in [0.25, 0.3) is 0 Å². The van der Waals surface area contributed by atoms with Gasteiger partial charge in [-0.2, -0.15) is 0 Å². The molecule has 3 nitrogen and oxygen atoms in total. The van der Waals surface area contributed by atoms with E-state index in [1.54, 1.807) is 12.1 Å². The van der Waals surface area contributed by atoms with Crippen LogP contribution in [0, 0.1) is 0 Å². The molecule has 0 bridgehead atoms. The van der Waals surface area contributed by atoms with Crippen molar-refractivity contribution in [1.82, 2.24) is 0 Å². The fourth-order valence-corrected chi connectivity index (χ4v) is 5.27. The summed E-state index contributed by atoms with van der Waals surface area (Å²) >= 11 is 6.68. The van der Waals surface area contributed by atoms with Crippen LogP contribution in [0.25, 0.3) is 11.0 Å². The second-order valence-corrected chi connectivity index (χ2v) is 10.00. The standard InChI is InChI=1S/C28H26Br2O3/c1-2-3-5-10-24-26(27(31)20-16-22(29)28(32)23(30)17-20)21-14-13-19(15-25(21)33-24)12-11-18-8-6-4-7-9-18/h4,6-9,13-17,32H,2-3,5,10-12H2,1H3. The summed E-state index contributed by atoms with van der Waals surface area (Å²) in [5, 5.41) is 10.9. The number of fused-ring (bicyclic) bond motifs is 1. The number of halogens is 2. The predicted octanol–water partition coefficient (Wildman–Crippen LogP) is 8.41. The Morgan fingerprint density at radius 3 is 2.27 bits per heavy atom. The molecule has 0 aliphatic heterocycles. The van der Waals surface area contributed by atoms with Crippen molar-refractivity contribution in [2.45, 2.75) is 45.4 Å². The van der Waals surface area contributed by atoms with Gasteiger partial charge >= 0.3 is 0 Å². The average molecular weight is 570 g/mol. The van der Waals surface area contributed by atoms with E-state index < -0.39 is 0 Å². The number of ketones is 1. The van der Waals surface area contributed by atoms with Crippen LogP contribution in [0.3, 0.4) is 0 Å². The van der Waals surface area contributed by atoms with Gasteiger partial charge in [-0.1, -0.05) is 62.2 Å². The number of furan rings is 1. The maximum Gasteiger partial charge on any atom is 0.197 e. The van der Waals surface area contributed by atoms with Gasteiger partial charge in [-0.15, -0.1) is 0 Å². The van der Waals surface area contributed by atoms with Crippen LogP contribution in [-0.2, 0) is 19.3 Å². The summed E-state index contributed by atoms with van der Waals surface area (Å²) in [4.78, 5) is 13.6. The van der Waals surface area contributed by atoms with Crippen LogP contribution in [0.1, 0.15) is 59.0 Å². The first-order chi connectivity index (χ1) is 16.0. The zero-order chi connectivity index (χ0) is 23.4. The van der Waals surface area contributed by atoms with Gasteiger partial charge in [0.1, 0.15) is 17.1 Å². The van der Waals surface area contributed by atoms with Crippen molar-refractivity contribution in [2.24, 2.45) is 0 Å². The number of aromatic hydroxyl groups is 1. The van der Waals surface area contributed by atoms with Gasteiger partial charge in [-0.05, 0) is 80.4 Å². The van der Waals surface area contributed by atoms with E-state index in [0.29, 0.717) is 20.1 Å². The number of phenolic OH excluding ortho intramolecular Hbond substituents is 1. The Balaban J connectivity index is 1.70. The highest BCUT2D eigenvalue weighted by atomic mass is 79.9. The first-order valence-corrected chi connectivity index (χ1v) is 12.9. The maximum absolute atomic E-state index is 13.6. The molecule has 3 aromatic carbocycles. The predicted molar refractivity (Wildman–Crippen MR) is 140 cm³/mol. The number of rotatable bonds is 9. The lowest BCUT2D eigenvalue weighted by atomic mass is 9.97. The molecule has 0 radical (unpaired) electrons. The van der Waals surface area contributed by atoms with Crippen molar-refractivity contribution >= 4 is 48.6 Å². The van der Waals surface area contributed by atoms with Gasteiger partial charge in [0.15, 0.2) is 5.78 Å². The number of phenols is 1. The largest absolute Gasteiger partial charge is 0.506 e. The smallest absolute Gasteiger partial charge is 0.197 e. The first-order valence-electron chi connectivity index (χ1n) is 11.3. The quantitative estimate of drug-likeness (QED) is 0.162. The number of aryl methyl sites for hydroxylation is 3. The van der Waals surface area contributed by atoms with Crippen molar-refractivity contribution in [2.75, 3.05) is 0 Å². The lowest BCUT2D eigenvalue weighted by Crippen LogP contribution is -2.04. The fraction of sp³-hybridized carbons (Fsp3) is 0.250. The molecule has 0 amide bonds. The van der Waals surface area contributed by atoms with Crippen molar-refractivity contribution in [3.05, 3.63) is 97.6 Å². The van der Waals surface area contributed by atoms with Gasteiger partial charge in [0.2, 0.25) is 0 Å². The van der Waals surface area contributed by atoms with Crippen LogP contribution in [0.5, 0.6) is 5.75 Å². The molecular formula is C28H26Br2O3. The van der Waals surface area contributed by atoms with Crippen molar-refractivity contribution < 1.29 is 14.3 Å². The number of hydrogen-bond donors (Lipinski definition) is 1. The summed E-state index contributed by atoms with van der Waals surface area (Å²) < 4.78 is 7.22. The highest BCUT2D eigenvalue weighted by molar-refractivity contribution is 9.11. The number of unbranched alkanes of at least 4 members (excludes halogenated alkanes) is 2. The van der Waals surface area contributed by atoms with Gasteiger partial charge in [0.05, 0.1) is 14.5 Å². The van der Waals surface area contributed by atoms with E-state index in [-0.39, 0.29) is 11.5 Å². The topological polar surface area (TPSA) is 50.4 Å². The normalized spacial score (nSPS) is 11.2. The second kappa shape index (κ2) is 10.7. The van der Waals surface area contributed by atoms with E-state index in [1.807, 2.05) is 12.1 Å². The summed E-state index contributed by atoms with van der Waals surface area (Å²) in [6, 6.07) is 19.9.